The summed E-state index contributed by atoms with van der Waals surface area (Å²) >= 11 is 0. The molecule has 6 rings (SSSR count). The molecule has 4 aliphatic rings. The maximum Gasteiger partial charge on any atom is 0.276 e. The van der Waals surface area contributed by atoms with Gasteiger partial charge in [0.15, 0.2) is 28.8 Å². The summed E-state index contributed by atoms with van der Waals surface area (Å²) in [5, 5.41) is 3.89. The third-order valence-corrected chi connectivity index (χ3v) is 6.42. The van der Waals surface area contributed by atoms with Crippen LogP contribution in [0.5, 0.6) is 5.75 Å². The van der Waals surface area contributed by atoms with Gasteiger partial charge in [-0.3, -0.25) is 4.79 Å². The molecule has 0 radical (unpaired) electrons. The summed E-state index contributed by atoms with van der Waals surface area (Å²) in [6.45, 7) is 0.587. The molecule has 2 saturated heterocycles. The van der Waals surface area contributed by atoms with E-state index in [9.17, 15) is 13.6 Å². The lowest BCUT2D eigenvalue weighted by Crippen LogP contribution is -2.42. The van der Waals surface area contributed by atoms with Gasteiger partial charge >= 0.3 is 0 Å². The van der Waals surface area contributed by atoms with Gasteiger partial charge < -0.3 is 14.2 Å². The summed E-state index contributed by atoms with van der Waals surface area (Å²) < 4.78 is 37.7. The normalized spacial score (nSPS) is 28.4. The van der Waals surface area contributed by atoms with Crippen LogP contribution in [-0.4, -0.2) is 28.6 Å². The van der Waals surface area contributed by atoms with Crippen molar-refractivity contribution >= 4 is 5.91 Å². The van der Waals surface area contributed by atoms with Crippen molar-refractivity contribution < 1.29 is 22.8 Å². The predicted octanol–water partition coefficient (Wildman–Crippen LogP) is 4.18. The molecule has 7 heteroatoms. The maximum absolute atomic E-state index is 13.7. The molecule has 1 aromatic carbocycles. The van der Waals surface area contributed by atoms with E-state index in [0.717, 1.165) is 43.4 Å². The number of hydrogen-bond donors (Lipinski definition) is 0. The Hall–Kier alpha value is -2.44. The van der Waals surface area contributed by atoms with Crippen molar-refractivity contribution in [1.29, 1.82) is 0 Å². The van der Waals surface area contributed by atoms with Gasteiger partial charge in [0.2, 0.25) is 0 Å². The van der Waals surface area contributed by atoms with E-state index < -0.39 is 17.4 Å². The minimum Gasteiger partial charge on any atom is -0.479 e. The highest BCUT2D eigenvalue weighted by atomic mass is 19.1. The summed E-state index contributed by atoms with van der Waals surface area (Å²) in [5.41, 5.74) is 0.230. The third kappa shape index (κ3) is 3.16. The van der Waals surface area contributed by atoms with Crippen LogP contribution in [0.1, 0.15) is 48.4 Å². The molecule has 2 aliphatic heterocycles. The van der Waals surface area contributed by atoms with Crippen LogP contribution in [0, 0.1) is 29.4 Å². The zero-order chi connectivity index (χ0) is 19.3. The van der Waals surface area contributed by atoms with Crippen LogP contribution in [0.4, 0.5) is 8.78 Å². The minimum absolute atomic E-state index is 0.120. The van der Waals surface area contributed by atoms with E-state index in [1.807, 2.05) is 4.90 Å². The second kappa shape index (κ2) is 6.87. The molecule has 4 fully saturated rings. The first-order chi connectivity index (χ1) is 13.6. The molecule has 2 unspecified atom stereocenters. The SMILES string of the molecule is O=C(c1cc(COc2c(F)cccc2F)on1)N1CC2C[C@@H]3CC1C[C@H](C2)C3. The number of para-hydroxylation sites is 1. The zero-order valence-corrected chi connectivity index (χ0v) is 15.4. The van der Waals surface area contributed by atoms with E-state index in [2.05, 4.69) is 5.16 Å². The topological polar surface area (TPSA) is 55.6 Å². The van der Waals surface area contributed by atoms with E-state index in [4.69, 9.17) is 9.26 Å². The number of halogens is 2. The molecule has 3 heterocycles. The van der Waals surface area contributed by atoms with Crippen LogP contribution in [0.25, 0.3) is 0 Å². The molecule has 2 saturated carbocycles. The molecule has 2 aromatic rings. The lowest BCUT2D eigenvalue weighted by molar-refractivity contribution is 0.0622. The van der Waals surface area contributed by atoms with Gasteiger partial charge in [0.05, 0.1) is 0 Å². The fraction of sp³-hybridized carbons (Fsp3) is 0.524. The van der Waals surface area contributed by atoms with Crippen LogP contribution in [0.2, 0.25) is 0 Å². The number of carbonyl (C=O) groups excluding carboxylic acids is 1. The van der Waals surface area contributed by atoms with Crippen LogP contribution >= 0.6 is 0 Å². The molecular weight excluding hydrogens is 366 g/mol. The summed E-state index contributed by atoms with van der Waals surface area (Å²) in [6, 6.07) is 5.30. The van der Waals surface area contributed by atoms with Crippen molar-refractivity contribution in [3.05, 3.63) is 47.4 Å². The van der Waals surface area contributed by atoms with Gasteiger partial charge in [-0.25, -0.2) is 8.78 Å². The van der Waals surface area contributed by atoms with Crippen molar-refractivity contribution in [2.45, 2.75) is 44.8 Å². The van der Waals surface area contributed by atoms with Crippen molar-refractivity contribution in [3.8, 4) is 5.75 Å². The van der Waals surface area contributed by atoms with Gasteiger partial charge in [0.1, 0.15) is 6.61 Å². The van der Waals surface area contributed by atoms with Gasteiger partial charge in [-0.05, 0) is 62.0 Å². The van der Waals surface area contributed by atoms with Crippen LogP contribution in [-0.2, 0) is 6.61 Å². The second-order valence-corrected chi connectivity index (χ2v) is 8.41. The quantitative estimate of drug-likeness (QED) is 0.788. The first kappa shape index (κ1) is 17.6. The van der Waals surface area contributed by atoms with Crippen molar-refractivity contribution in [2.75, 3.05) is 6.54 Å². The highest BCUT2D eigenvalue weighted by molar-refractivity contribution is 5.92. The van der Waals surface area contributed by atoms with E-state index in [1.54, 1.807) is 0 Å². The zero-order valence-electron chi connectivity index (χ0n) is 15.4. The Labute approximate surface area is 161 Å². The third-order valence-electron chi connectivity index (χ3n) is 6.42. The van der Waals surface area contributed by atoms with E-state index in [1.165, 1.54) is 31.4 Å². The number of hydrogen-bond acceptors (Lipinski definition) is 4. The molecular formula is C21H22F2N2O3. The van der Waals surface area contributed by atoms with Crippen molar-refractivity contribution in [2.24, 2.45) is 17.8 Å². The fourth-order valence-corrected chi connectivity index (χ4v) is 5.43. The van der Waals surface area contributed by atoms with Crippen LogP contribution < -0.4 is 4.74 Å². The minimum atomic E-state index is -0.786. The lowest BCUT2D eigenvalue weighted by atomic mass is 9.68. The van der Waals surface area contributed by atoms with Gasteiger partial charge in [-0.2, -0.15) is 0 Å². The predicted molar refractivity (Wildman–Crippen MR) is 95.6 cm³/mol. The fourth-order valence-electron chi connectivity index (χ4n) is 5.43. The molecule has 5 nitrogen and oxygen atoms in total. The smallest absolute Gasteiger partial charge is 0.276 e. The average Bonchev–Trinajstić information content (AvgIpc) is 3.04. The van der Waals surface area contributed by atoms with Gasteiger partial charge in [0, 0.05) is 18.7 Å². The van der Waals surface area contributed by atoms with Crippen molar-refractivity contribution in [3.63, 3.8) is 0 Å². The standard InChI is InChI=1S/C21H22F2N2O3/c22-17-2-1-3-18(23)20(17)27-11-16-9-19(24-28-16)21(26)25-10-14-5-12-4-13(6-14)8-15(25)7-12/h1-3,9,12-15H,4-8,10-11H2/t12-,13+,14?,15?. The first-order valence-corrected chi connectivity index (χ1v) is 9.90. The summed E-state index contributed by atoms with van der Waals surface area (Å²) in [5.74, 6) is 0.176. The monoisotopic (exact) mass is 388 g/mol. The number of amides is 1. The number of benzene rings is 1. The van der Waals surface area contributed by atoms with E-state index >= 15 is 0 Å². The van der Waals surface area contributed by atoms with E-state index in [-0.39, 0.29) is 30.0 Å². The van der Waals surface area contributed by atoms with Gasteiger partial charge in [0.25, 0.3) is 5.91 Å². The molecule has 4 bridgehead atoms. The van der Waals surface area contributed by atoms with E-state index in [0.29, 0.717) is 5.92 Å². The highest BCUT2D eigenvalue weighted by Gasteiger charge is 2.44. The second-order valence-electron chi connectivity index (χ2n) is 8.41. The Morgan fingerprint density at radius 1 is 1.11 bits per heavy atom. The number of nitrogens with zero attached hydrogens (tertiary/aromatic N) is 2. The van der Waals surface area contributed by atoms with Crippen LogP contribution in [0.3, 0.4) is 0 Å². The average molecular weight is 388 g/mol. The maximum atomic E-state index is 13.7. The number of ether oxygens (including phenoxy) is 1. The van der Waals surface area contributed by atoms with Crippen LogP contribution in [0.15, 0.2) is 28.8 Å². The summed E-state index contributed by atoms with van der Waals surface area (Å²) in [6.07, 6.45) is 5.93. The van der Waals surface area contributed by atoms with Gasteiger partial charge in [-0.1, -0.05) is 11.2 Å². The summed E-state index contributed by atoms with van der Waals surface area (Å²) in [4.78, 5) is 15.0. The number of carbonyl (C=O) groups is 1. The Bertz CT molecular complexity index is 865. The molecule has 148 valence electrons. The molecule has 28 heavy (non-hydrogen) atoms. The largest absolute Gasteiger partial charge is 0.479 e. The Morgan fingerprint density at radius 3 is 2.50 bits per heavy atom. The number of fused-ring (bicyclic) bond motifs is 1. The molecule has 1 aromatic heterocycles. The van der Waals surface area contributed by atoms with Crippen molar-refractivity contribution in [1.82, 2.24) is 10.1 Å². The Kier molecular flexibility index (Phi) is 4.33. The lowest BCUT2D eigenvalue weighted by Gasteiger charge is -2.38. The molecule has 0 spiro atoms. The number of rotatable bonds is 4. The molecule has 0 N–H and O–H groups in total. The number of aromatic nitrogens is 1. The Morgan fingerprint density at radius 2 is 1.79 bits per heavy atom. The highest BCUT2D eigenvalue weighted by Crippen LogP contribution is 2.47. The molecule has 1 amide bonds. The van der Waals surface area contributed by atoms with Gasteiger partial charge in [-0.15, -0.1) is 0 Å². The summed E-state index contributed by atoms with van der Waals surface area (Å²) in [7, 11) is 0. The first-order valence-electron chi connectivity index (χ1n) is 9.90. The molecule has 4 atom stereocenters. The molecule has 2 aliphatic carbocycles. The Balaban J connectivity index is 1.29.